The third kappa shape index (κ3) is 3.41. The van der Waals surface area contributed by atoms with Crippen molar-refractivity contribution in [3.8, 4) is 28.5 Å². The molecule has 3 aromatic rings. The van der Waals surface area contributed by atoms with E-state index in [1.54, 1.807) is 12.1 Å². The van der Waals surface area contributed by atoms with E-state index in [1.807, 2.05) is 0 Å². The summed E-state index contributed by atoms with van der Waals surface area (Å²) >= 11 is 0. The highest BCUT2D eigenvalue weighted by Gasteiger charge is 2.21. The number of benzene rings is 2. The summed E-state index contributed by atoms with van der Waals surface area (Å²) in [5.41, 5.74) is 6.86. The topological polar surface area (TPSA) is 88.6 Å². The van der Waals surface area contributed by atoms with Gasteiger partial charge in [0.1, 0.15) is 11.6 Å². The van der Waals surface area contributed by atoms with E-state index in [4.69, 9.17) is 19.9 Å². The van der Waals surface area contributed by atoms with Gasteiger partial charge in [-0.25, -0.2) is 4.39 Å². The van der Waals surface area contributed by atoms with Crippen molar-refractivity contribution in [2.75, 3.05) is 27.1 Å². The minimum Gasteiger partial charge on any atom is -0.493 e. The second-order valence-corrected chi connectivity index (χ2v) is 5.60. The summed E-state index contributed by atoms with van der Waals surface area (Å²) in [6.07, 6.45) is 0. The molecule has 27 heavy (non-hydrogen) atoms. The molecule has 8 heteroatoms. The van der Waals surface area contributed by atoms with Crippen molar-refractivity contribution in [3.05, 3.63) is 53.8 Å². The first kappa shape index (κ1) is 18.2. The number of aromatic nitrogens is 2. The summed E-state index contributed by atoms with van der Waals surface area (Å²) in [4.78, 5) is 13.1. The van der Waals surface area contributed by atoms with Gasteiger partial charge in [0.15, 0.2) is 11.5 Å². The molecule has 0 amide bonds. The first-order valence-electron chi connectivity index (χ1n) is 7.94. The van der Waals surface area contributed by atoms with E-state index in [2.05, 4.69) is 5.10 Å². The molecule has 0 saturated heterocycles. The van der Waals surface area contributed by atoms with E-state index in [1.165, 1.54) is 51.7 Å². The number of carbonyl (C=O) groups excluding carboxylic acids is 1. The number of anilines is 1. The Kier molecular flexibility index (Phi) is 4.98. The number of hydrogen-bond donors (Lipinski definition) is 1. The Balaban J connectivity index is 2.12. The van der Waals surface area contributed by atoms with Gasteiger partial charge in [0.2, 0.25) is 5.75 Å². The SMILES string of the molecule is COc1cc(C(=O)n2nc(N)cc2-c2cccc(F)c2)cc(OC)c1OC. The lowest BCUT2D eigenvalue weighted by molar-refractivity contribution is 0.0946. The van der Waals surface area contributed by atoms with Crippen LogP contribution in [-0.4, -0.2) is 37.0 Å². The number of rotatable bonds is 5. The average Bonchev–Trinajstić information content (AvgIpc) is 3.07. The van der Waals surface area contributed by atoms with Crippen LogP contribution in [-0.2, 0) is 0 Å². The van der Waals surface area contributed by atoms with Gasteiger partial charge in [-0.3, -0.25) is 4.79 Å². The number of methoxy groups -OCH3 is 3. The van der Waals surface area contributed by atoms with Crippen LogP contribution in [0.4, 0.5) is 10.2 Å². The van der Waals surface area contributed by atoms with Gasteiger partial charge in [-0.15, -0.1) is 5.10 Å². The Hall–Kier alpha value is -3.55. The van der Waals surface area contributed by atoms with Crippen molar-refractivity contribution >= 4 is 11.7 Å². The monoisotopic (exact) mass is 371 g/mol. The standard InChI is InChI=1S/C19H18FN3O4/c1-25-15-8-12(9-16(26-2)18(15)27-3)19(24)23-14(10-17(21)22-23)11-5-4-6-13(20)7-11/h4-10H,1-3H3,(H2,21,22). The summed E-state index contributed by atoms with van der Waals surface area (Å²) in [6.45, 7) is 0. The molecule has 2 N–H and O–H groups in total. The van der Waals surface area contributed by atoms with Gasteiger partial charge < -0.3 is 19.9 Å². The number of halogens is 1. The molecule has 0 radical (unpaired) electrons. The van der Waals surface area contributed by atoms with Crippen LogP contribution in [0.3, 0.4) is 0 Å². The molecule has 0 saturated carbocycles. The highest BCUT2D eigenvalue weighted by molar-refractivity contribution is 5.99. The number of ether oxygens (including phenoxy) is 3. The third-order valence-electron chi connectivity index (χ3n) is 3.95. The molecule has 0 aliphatic heterocycles. The van der Waals surface area contributed by atoms with Crippen molar-refractivity contribution in [1.29, 1.82) is 0 Å². The molecule has 7 nitrogen and oxygen atoms in total. The summed E-state index contributed by atoms with van der Waals surface area (Å²) < 4.78 is 30.5. The zero-order valence-electron chi connectivity index (χ0n) is 15.0. The summed E-state index contributed by atoms with van der Waals surface area (Å²) in [5, 5.41) is 4.06. The van der Waals surface area contributed by atoms with Crippen LogP contribution in [0, 0.1) is 5.82 Å². The molecule has 2 aromatic carbocycles. The lowest BCUT2D eigenvalue weighted by atomic mass is 10.1. The van der Waals surface area contributed by atoms with E-state index in [0.29, 0.717) is 28.5 Å². The maximum atomic E-state index is 13.6. The van der Waals surface area contributed by atoms with Crippen LogP contribution in [0.2, 0.25) is 0 Å². The molecule has 0 aliphatic rings. The van der Waals surface area contributed by atoms with Crippen molar-refractivity contribution in [2.45, 2.75) is 0 Å². The van der Waals surface area contributed by atoms with E-state index >= 15 is 0 Å². The fourth-order valence-corrected chi connectivity index (χ4v) is 2.73. The number of carbonyl (C=O) groups is 1. The number of hydrogen-bond acceptors (Lipinski definition) is 6. The van der Waals surface area contributed by atoms with Crippen LogP contribution in [0.25, 0.3) is 11.3 Å². The van der Waals surface area contributed by atoms with Gasteiger partial charge in [0.25, 0.3) is 5.91 Å². The van der Waals surface area contributed by atoms with Gasteiger partial charge in [-0.05, 0) is 24.3 Å². The van der Waals surface area contributed by atoms with E-state index < -0.39 is 11.7 Å². The van der Waals surface area contributed by atoms with Crippen molar-refractivity contribution < 1.29 is 23.4 Å². The van der Waals surface area contributed by atoms with Crippen LogP contribution in [0.1, 0.15) is 10.4 Å². The Morgan fingerprint density at radius 2 is 1.70 bits per heavy atom. The number of nitrogens with two attached hydrogens (primary N) is 1. The van der Waals surface area contributed by atoms with Crippen LogP contribution in [0.15, 0.2) is 42.5 Å². The fourth-order valence-electron chi connectivity index (χ4n) is 2.73. The zero-order valence-corrected chi connectivity index (χ0v) is 15.0. The van der Waals surface area contributed by atoms with Gasteiger partial charge >= 0.3 is 0 Å². The Bertz CT molecular complexity index is 975. The molecule has 0 unspecified atom stereocenters. The second-order valence-electron chi connectivity index (χ2n) is 5.60. The molecule has 0 spiro atoms. The minimum atomic E-state index is -0.481. The fraction of sp³-hybridized carbons (Fsp3) is 0.158. The normalized spacial score (nSPS) is 10.5. The molecular weight excluding hydrogens is 353 g/mol. The Morgan fingerprint density at radius 1 is 1.04 bits per heavy atom. The largest absolute Gasteiger partial charge is 0.493 e. The minimum absolute atomic E-state index is 0.134. The first-order chi connectivity index (χ1) is 13.0. The molecule has 3 rings (SSSR count). The lowest BCUT2D eigenvalue weighted by Gasteiger charge is -2.14. The Labute approximate surface area is 155 Å². The van der Waals surface area contributed by atoms with Gasteiger partial charge in [0, 0.05) is 17.2 Å². The summed E-state index contributed by atoms with van der Waals surface area (Å²) in [6, 6.07) is 10.4. The summed E-state index contributed by atoms with van der Waals surface area (Å²) in [7, 11) is 4.38. The highest BCUT2D eigenvalue weighted by atomic mass is 19.1. The second kappa shape index (κ2) is 7.36. The number of nitrogens with zero attached hydrogens (tertiary/aromatic N) is 2. The average molecular weight is 371 g/mol. The van der Waals surface area contributed by atoms with E-state index in [-0.39, 0.29) is 11.4 Å². The predicted octanol–water partition coefficient (Wildman–Crippen LogP) is 2.99. The van der Waals surface area contributed by atoms with Crippen molar-refractivity contribution in [3.63, 3.8) is 0 Å². The number of nitrogen functional groups attached to an aromatic ring is 1. The van der Waals surface area contributed by atoms with Gasteiger partial charge in [0.05, 0.1) is 27.0 Å². The maximum Gasteiger partial charge on any atom is 0.279 e. The predicted molar refractivity (Wildman–Crippen MR) is 97.9 cm³/mol. The molecule has 1 aromatic heterocycles. The third-order valence-corrected chi connectivity index (χ3v) is 3.95. The van der Waals surface area contributed by atoms with Crippen LogP contribution >= 0.6 is 0 Å². The Morgan fingerprint density at radius 3 is 2.26 bits per heavy atom. The van der Waals surface area contributed by atoms with E-state index in [9.17, 15) is 9.18 Å². The van der Waals surface area contributed by atoms with Gasteiger partial charge in [-0.1, -0.05) is 12.1 Å². The molecule has 1 heterocycles. The molecule has 0 aliphatic carbocycles. The van der Waals surface area contributed by atoms with E-state index in [0.717, 1.165) is 4.68 Å². The quantitative estimate of drug-likeness (QED) is 0.742. The smallest absolute Gasteiger partial charge is 0.279 e. The highest BCUT2D eigenvalue weighted by Crippen LogP contribution is 2.38. The molecule has 140 valence electrons. The molecule has 0 atom stereocenters. The maximum absolute atomic E-state index is 13.6. The van der Waals surface area contributed by atoms with Gasteiger partial charge in [-0.2, -0.15) is 4.68 Å². The molecular formula is C19H18FN3O4. The first-order valence-corrected chi connectivity index (χ1v) is 7.94. The zero-order chi connectivity index (χ0) is 19.6. The van der Waals surface area contributed by atoms with Crippen molar-refractivity contribution in [1.82, 2.24) is 9.78 Å². The molecule has 0 fully saturated rings. The summed E-state index contributed by atoms with van der Waals surface area (Å²) in [5.74, 6) is 0.237. The van der Waals surface area contributed by atoms with Crippen molar-refractivity contribution in [2.24, 2.45) is 0 Å². The lowest BCUT2D eigenvalue weighted by Crippen LogP contribution is -2.16. The van der Waals surface area contributed by atoms with Crippen LogP contribution < -0.4 is 19.9 Å². The van der Waals surface area contributed by atoms with Crippen LogP contribution in [0.5, 0.6) is 17.2 Å². The molecule has 0 bridgehead atoms.